The van der Waals surface area contributed by atoms with Gasteiger partial charge in [-0.2, -0.15) is 10.5 Å². The van der Waals surface area contributed by atoms with Crippen LogP contribution in [0.5, 0.6) is 0 Å². The first-order chi connectivity index (χ1) is 11.3. The molecule has 0 aromatic heterocycles. The largest absolute Gasteiger partial charge is 0.316 e. The Morgan fingerprint density at radius 1 is 1.17 bits per heavy atom. The van der Waals surface area contributed by atoms with Gasteiger partial charge in [0, 0.05) is 12.7 Å². The van der Waals surface area contributed by atoms with Crippen LogP contribution in [-0.4, -0.2) is 20.7 Å². The maximum Gasteiger partial charge on any atom is 0.176 e. The van der Waals surface area contributed by atoms with E-state index in [0.29, 0.717) is 16.7 Å². The van der Waals surface area contributed by atoms with Crippen molar-refractivity contribution < 1.29 is 12.8 Å². The third-order valence-corrected chi connectivity index (χ3v) is 4.65. The molecule has 0 aliphatic rings. The highest BCUT2D eigenvalue weighted by Crippen LogP contribution is 2.26. The topological polar surface area (TPSA) is 108 Å². The van der Waals surface area contributed by atoms with E-state index in [-0.39, 0.29) is 16.9 Å². The maximum atomic E-state index is 14.2. The van der Waals surface area contributed by atoms with Gasteiger partial charge in [-0.3, -0.25) is 0 Å². The number of nitriles is 2. The summed E-state index contributed by atoms with van der Waals surface area (Å²) in [6.45, 7) is 0. The third-order valence-electron chi connectivity index (χ3n) is 3.49. The van der Waals surface area contributed by atoms with E-state index in [1.54, 1.807) is 6.07 Å². The molecule has 0 aliphatic carbocycles. The smallest absolute Gasteiger partial charge is 0.176 e. The number of sulfone groups is 1. The van der Waals surface area contributed by atoms with Crippen LogP contribution < -0.4 is 5.73 Å². The average Bonchev–Trinajstić information content (AvgIpc) is 2.55. The molecular weight excluding hydrogens is 329 g/mol. The van der Waals surface area contributed by atoms with Gasteiger partial charge in [0.15, 0.2) is 9.84 Å². The lowest BCUT2D eigenvalue weighted by Crippen LogP contribution is -2.20. The van der Waals surface area contributed by atoms with Crippen LogP contribution in [0.15, 0.2) is 41.3 Å². The molecule has 0 aliphatic heterocycles. The van der Waals surface area contributed by atoms with Gasteiger partial charge in [0.25, 0.3) is 0 Å². The van der Waals surface area contributed by atoms with Crippen molar-refractivity contribution in [3.63, 3.8) is 0 Å². The summed E-state index contributed by atoms with van der Waals surface area (Å²) in [6.07, 6.45) is 1.12. The molecule has 24 heavy (non-hydrogen) atoms. The molecule has 7 heteroatoms. The summed E-state index contributed by atoms with van der Waals surface area (Å²) in [4.78, 5) is -0.0640. The van der Waals surface area contributed by atoms with E-state index in [2.05, 4.69) is 0 Å². The van der Waals surface area contributed by atoms with Crippen LogP contribution in [0.3, 0.4) is 0 Å². The number of hydrogen-bond acceptors (Lipinski definition) is 5. The minimum atomic E-state index is -3.52. The summed E-state index contributed by atoms with van der Waals surface area (Å²) in [6, 6.07) is 11.6. The van der Waals surface area contributed by atoms with Crippen molar-refractivity contribution in [2.45, 2.75) is 17.4 Å². The zero-order chi connectivity index (χ0) is 17.9. The number of nitrogens with two attached hydrogens (primary N) is 1. The second-order valence-corrected chi connectivity index (χ2v) is 7.32. The molecule has 0 heterocycles. The van der Waals surface area contributed by atoms with E-state index >= 15 is 0 Å². The monoisotopic (exact) mass is 343 g/mol. The molecule has 122 valence electrons. The fourth-order valence-electron chi connectivity index (χ4n) is 2.30. The van der Waals surface area contributed by atoms with Crippen molar-refractivity contribution in [3.05, 3.63) is 53.3 Å². The molecule has 2 aromatic rings. The van der Waals surface area contributed by atoms with Crippen LogP contribution in [0, 0.1) is 28.5 Å². The quantitative estimate of drug-likeness (QED) is 0.915. The molecule has 0 fully saturated rings. The van der Waals surface area contributed by atoms with Gasteiger partial charge in [-0.15, -0.1) is 0 Å². The Bertz CT molecular complexity index is 972. The van der Waals surface area contributed by atoms with E-state index in [9.17, 15) is 12.8 Å². The summed E-state index contributed by atoms with van der Waals surface area (Å²) in [5, 5.41) is 17.8. The van der Waals surface area contributed by atoms with E-state index in [1.807, 2.05) is 12.1 Å². The lowest BCUT2D eigenvalue weighted by molar-refractivity contribution is 0.601. The van der Waals surface area contributed by atoms with Gasteiger partial charge in [0.1, 0.15) is 11.9 Å². The van der Waals surface area contributed by atoms with Crippen LogP contribution in [-0.2, 0) is 16.3 Å². The molecule has 0 bridgehead atoms. The van der Waals surface area contributed by atoms with E-state index in [1.165, 1.54) is 30.3 Å². The second-order valence-electron chi connectivity index (χ2n) is 5.34. The Morgan fingerprint density at radius 2 is 1.79 bits per heavy atom. The van der Waals surface area contributed by atoms with Gasteiger partial charge in [0.05, 0.1) is 22.6 Å². The number of halogens is 1. The maximum absolute atomic E-state index is 14.2. The standard InChI is InChI=1S/C17H14FN3O2S/c1-24(22,23)17-5-4-11(6-14(17)9-19)12-2-3-13(16(18)8-12)7-15(21)10-20/h2-6,8,15H,7,21H2,1H3. The van der Waals surface area contributed by atoms with Crippen LogP contribution in [0.4, 0.5) is 4.39 Å². The summed E-state index contributed by atoms with van der Waals surface area (Å²) < 4.78 is 37.4. The molecule has 1 unspecified atom stereocenters. The molecule has 0 saturated heterocycles. The van der Waals surface area contributed by atoms with Gasteiger partial charge < -0.3 is 5.73 Å². The molecule has 1 atom stereocenters. The zero-order valence-corrected chi connectivity index (χ0v) is 13.6. The normalized spacial score (nSPS) is 12.2. The van der Waals surface area contributed by atoms with E-state index in [0.717, 1.165) is 6.26 Å². The summed E-state index contributed by atoms with van der Waals surface area (Å²) in [5.41, 5.74) is 6.84. The van der Waals surface area contributed by atoms with Crippen LogP contribution in [0.1, 0.15) is 11.1 Å². The highest BCUT2D eigenvalue weighted by molar-refractivity contribution is 7.90. The predicted molar refractivity (Wildman–Crippen MR) is 87.0 cm³/mol. The van der Waals surface area contributed by atoms with Crippen molar-refractivity contribution in [3.8, 4) is 23.3 Å². The number of hydrogen-bond donors (Lipinski definition) is 1. The van der Waals surface area contributed by atoms with Crippen molar-refractivity contribution in [2.24, 2.45) is 5.73 Å². The van der Waals surface area contributed by atoms with Gasteiger partial charge in [-0.1, -0.05) is 18.2 Å². The fraction of sp³-hybridized carbons (Fsp3) is 0.176. The third kappa shape index (κ3) is 3.77. The zero-order valence-electron chi connectivity index (χ0n) is 12.8. The van der Waals surface area contributed by atoms with Crippen molar-refractivity contribution in [1.29, 1.82) is 10.5 Å². The van der Waals surface area contributed by atoms with Gasteiger partial charge in [0.2, 0.25) is 0 Å². The Morgan fingerprint density at radius 3 is 2.33 bits per heavy atom. The van der Waals surface area contributed by atoms with Crippen molar-refractivity contribution in [1.82, 2.24) is 0 Å². The molecule has 0 radical (unpaired) electrons. The first-order valence-corrected chi connectivity index (χ1v) is 8.83. The highest BCUT2D eigenvalue weighted by atomic mass is 32.2. The Balaban J connectivity index is 2.45. The molecule has 5 nitrogen and oxygen atoms in total. The second kappa shape index (κ2) is 6.79. The molecule has 2 rings (SSSR count). The first kappa shape index (κ1) is 17.6. The molecule has 0 spiro atoms. The fourth-order valence-corrected chi connectivity index (χ4v) is 3.11. The average molecular weight is 343 g/mol. The highest BCUT2D eigenvalue weighted by Gasteiger charge is 2.15. The number of benzene rings is 2. The molecule has 0 saturated carbocycles. The van der Waals surface area contributed by atoms with Gasteiger partial charge in [-0.25, -0.2) is 12.8 Å². The summed E-state index contributed by atoms with van der Waals surface area (Å²) in [7, 11) is -3.52. The van der Waals surface area contributed by atoms with E-state index in [4.69, 9.17) is 16.3 Å². The minimum absolute atomic E-state index is 0.00554. The Labute approximate surface area is 139 Å². The molecule has 2 aromatic carbocycles. The van der Waals surface area contributed by atoms with Crippen molar-refractivity contribution in [2.75, 3.05) is 6.26 Å². The first-order valence-electron chi connectivity index (χ1n) is 6.94. The SMILES string of the molecule is CS(=O)(=O)c1ccc(-c2ccc(CC(N)C#N)c(F)c2)cc1C#N. The summed E-state index contributed by atoms with van der Waals surface area (Å²) >= 11 is 0. The molecule has 2 N–H and O–H groups in total. The van der Waals surface area contributed by atoms with E-state index < -0.39 is 21.7 Å². The molecule has 0 amide bonds. The Hall–Kier alpha value is -2.74. The van der Waals surface area contributed by atoms with Crippen LogP contribution in [0.2, 0.25) is 0 Å². The van der Waals surface area contributed by atoms with Crippen LogP contribution in [0.25, 0.3) is 11.1 Å². The molecular formula is C17H14FN3O2S. The van der Waals surface area contributed by atoms with Gasteiger partial charge >= 0.3 is 0 Å². The predicted octanol–water partition coefficient (Wildman–Crippen LogP) is 2.16. The van der Waals surface area contributed by atoms with Crippen molar-refractivity contribution >= 4 is 9.84 Å². The lowest BCUT2D eigenvalue weighted by atomic mass is 9.99. The lowest BCUT2D eigenvalue weighted by Gasteiger charge is -2.09. The van der Waals surface area contributed by atoms with Crippen LogP contribution >= 0.6 is 0 Å². The summed E-state index contributed by atoms with van der Waals surface area (Å²) in [5.74, 6) is -0.510. The number of rotatable bonds is 4. The Kier molecular flexibility index (Phi) is 4.99. The minimum Gasteiger partial charge on any atom is -0.316 e. The van der Waals surface area contributed by atoms with Gasteiger partial charge in [-0.05, 0) is 34.9 Å². The number of nitrogens with zero attached hydrogens (tertiary/aromatic N) is 2.